The van der Waals surface area contributed by atoms with E-state index in [1.807, 2.05) is 30.3 Å². The van der Waals surface area contributed by atoms with Gasteiger partial charge in [0.2, 0.25) is 5.91 Å². The molecule has 0 aliphatic carbocycles. The van der Waals surface area contributed by atoms with Crippen molar-refractivity contribution in [2.45, 2.75) is 13.0 Å². The maximum Gasteiger partial charge on any atom is 0.255 e. The highest BCUT2D eigenvalue weighted by molar-refractivity contribution is 6.04. The van der Waals surface area contributed by atoms with Crippen molar-refractivity contribution in [2.24, 2.45) is 0 Å². The second-order valence-electron chi connectivity index (χ2n) is 6.39. The first-order chi connectivity index (χ1) is 14.1. The Bertz CT molecular complexity index is 939. The zero-order valence-electron chi connectivity index (χ0n) is 15.8. The van der Waals surface area contributed by atoms with Gasteiger partial charge in [-0.1, -0.05) is 30.3 Å². The molecule has 0 saturated carbocycles. The lowest BCUT2D eigenvalue weighted by molar-refractivity contribution is -0.121. The first kappa shape index (κ1) is 19.9. The molecule has 0 bridgehead atoms. The van der Waals surface area contributed by atoms with Gasteiger partial charge < -0.3 is 20.5 Å². The molecule has 148 valence electrons. The Hall–Kier alpha value is -3.80. The van der Waals surface area contributed by atoms with Crippen LogP contribution in [0.5, 0.6) is 11.5 Å². The predicted molar refractivity (Wildman–Crippen MR) is 111 cm³/mol. The van der Waals surface area contributed by atoms with Crippen LogP contribution in [0, 0.1) is 0 Å². The van der Waals surface area contributed by atoms with Crippen molar-refractivity contribution in [2.75, 3.05) is 11.9 Å². The zero-order chi connectivity index (χ0) is 20.5. The Labute approximate surface area is 169 Å². The number of ether oxygens (including phenoxy) is 1. The summed E-state index contributed by atoms with van der Waals surface area (Å²) in [6, 6.07) is 22.6. The van der Waals surface area contributed by atoms with Crippen LogP contribution in [-0.4, -0.2) is 23.5 Å². The molecule has 0 aromatic heterocycles. The highest BCUT2D eigenvalue weighted by Crippen LogP contribution is 2.15. The molecule has 0 aliphatic rings. The number of nitrogens with one attached hydrogen (secondary N) is 2. The Morgan fingerprint density at radius 3 is 2.24 bits per heavy atom. The lowest BCUT2D eigenvalue weighted by atomic mass is 10.1. The highest BCUT2D eigenvalue weighted by Gasteiger charge is 2.07. The van der Waals surface area contributed by atoms with E-state index in [0.717, 1.165) is 11.3 Å². The van der Waals surface area contributed by atoms with Gasteiger partial charge in [0.1, 0.15) is 11.5 Å². The summed E-state index contributed by atoms with van der Waals surface area (Å²) in [7, 11) is 0. The summed E-state index contributed by atoms with van der Waals surface area (Å²) in [6.07, 6.45) is 0.266. The summed E-state index contributed by atoms with van der Waals surface area (Å²) in [6.45, 7) is 0.691. The van der Waals surface area contributed by atoms with Gasteiger partial charge in [-0.05, 0) is 54.1 Å². The smallest absolute Gasteiger partial charge is 0.255 e. The molecule has 0 fully saturated rings. The van der Waals surface area contributed by atoms with Crippen molar-refractivity contribution in [3.05, 3.63) is 90.0 Å². The molecule has 6 nitrogen and oxygen atoms in total. The monoisotopic (exact) mass is 390 g/mol. The molecule has 0 heterocycles. The van der Waals surface area contributed by atoms with E-state index in [-0.39, 0.29) is 24.0 Å². The van der Waals surface area contributed by atoms with E-state index in [2.05, 4.69) is 10.6 Å². The number of aromatic hydroxyl groups is 1. The molecular formula is C23H22N2O4. The molecule has 0 radical (unpaired) electrons. The minimum absolute atomic E-state index is 0.102. The van der Waals surface area contributed by atoms with Crippen LogP contribution >= 0.6 is 0 Å². The molecule has 6 heteroatoms. The van der Waals surface area contributed by atoms with Gasteiger partial charge in [-0.25, -0.2) is 0 Å². The molecule has 3 aromatic carbocycles. The molecular weight excluding hydrogens is 368 g/mol. The fourth-order valence-electron chi connectivity index (χ4n) is 2.59. The normalized spacial score (nSPS) is 10.2. The van der Waals surface area contributed by atoms with Gasteiger partial charge in [-0.15, -0.1) is 0 Å². The summed E-state index contributed by atoms with van der Waals surface area (Å²) in [5.74, 6) is 0.530. The number of carbonyl (C=O) groups excluding carboxylic acids is 2. The minimum Gasteiger partial charge on any atom is -0.508 e. The fourth-order valence-corrected chi connectivity index (χ4v) is 2.59. The molecule has 0 spiro atoms. The number of hydrogen-bond donors (Lipinski definition) is 3. The Balaban J connectivity index is 1.42. The van der Waals surface area contributed by atoms with E-state index >= 15 is 0 Å². The lowest BCUT2D eigenvalue weighted by Crippen LogP contribution is -2.24. The number of amides is 2. The Morgan fingerprint density at radius 2 is 1.55 bits per heavy atom. The summed E-state index contributed by atoms with van der Waals surface area (Å²) >= 11 is 0. The number of carbonyl (C=O) groups is 2. The minimum atomic E-state index is -0.246. The number of rotatable bonds is 8. The van der Waals surface area contributed by atoms with Crippen molar-refractivity contribution in [3.63, 3.8) is 0 Å². The standard InChI is InChI=1S/C23H22N2O4/c26-20-12-10-19(11-13-20)25-23(28)18-8-6-17(7-9-18)16-24-22(27)14-15-29-21-4-2-1-3-5-21/h1-13,26H,14-16H2,(H,24,27)(H,25,28). The number of para-hydroxylation sites is 1. The van der Waals surface area contributed by atoms with E-state index < -0.39 is 0 Å². The van der Waals surface area contributed by atoms with Crippen molar-refractivity contribution in [1.29, 1.82) is 0 Å². The summed E-state index contributed by atoms with van der Waals surface area (Å²) in [4.78, 5) is 24.2. The lowest BCUT2D eigenvalue weighted by Gasteiger charge is -2.08. The number of phenols is 1. The second kappa shape index (κ2) is 9.94. The molecule has 0 unspecified atom stereocenters. The van der Waals surface area contributed by atoms with Gasteiger partial charge in [0.25, 0.3) is 5.91 Å². The largest absolute Gasteiger partial charge is 0.508 e. The maximum atomic E-state index is 12.3. The average Bonchev–Trinajstić information content (AvgIpc) is 2.75. The number of benzene rings is 3. The fraction of sp³-hybridized carbons (Fsp3) is 0.130. The van der Waals surface area contributed by atoms with Gasteiger partial charge >= 0.3 is 0 Å². The van der Waals surface area contributed by atoms with Crippen molar-refractivity contribution >= 4 is 17.5 Å². The summed E-state index contributed by atoms with van der Waals surface area (Å²) in [5, 5.41) is 14.9. The third-order valence-corrected chi connectivity index (χ3v) is 4.17. The van der Waals surface area contributed by atoms with Crippen molar-refractivity contribution < 1.29 is 19.4 Å². The van der Waals surface area contributed by atoms with E-state index in [1.54, 1.807) is 36.4 Å². The molecule has 0 saturated heterocycles. The molecule has 3 rings (SSSR count). The van der Waals surface area contributed by atoms with Crippen molar-refractivity contribution in [1.82, 2.24) is 5.32 Å². The van der Waals surface area contributed by atoms with E-state index in [0.29, 0.717) is 24.4 Å². The molecule has 0 aliphatic heterocycles. The van der Waals surface area contributed by atoms with Crippen LogP contribution in [0.15, 0.2) is 78.9 Å². The van der Waals surface area contributed by atoms with Crippen LogP contribution in [0.1, 0.15) is 22.3 Å². The van der Waals surface area contributed by atoms with Crippen LogP contribution in [-0.2, 0) is 11.3 Å². The van der Waals surface area contributed by atoms with E-state index in [1.165, 1.54) is 12.1 Å². The summed E-state index contributed by atoms with van der Waals surface area (Å²) < 4.78 is 5.51. The van der Waals surface area contributed by atoms with Crippen LogP contribution in [0.4, 0.5) is 5.69 Å². The second-order valence-corrected chi connectivity index (χ2v) is 6.39. The van der Waals surface area contributed by atoms with E-state index in [4.69, 9.17) is 4.74 Å². The van der Waals surface area contributed by atoms with Crippen LogP contribution in [0.3, 0.4) is 0 Å². The van der Waals surface area contributed by atoms with Crippen LogP contribution in [0.25, 0.3) is 0 Å². The molecule has 2 amide bonds. The Morgan fingerprint density at radius 1 is 0.862 bits per heavy atom. The first-order valence-electron chi connectivity index (χ1n) is 9.24. The molecule has 29 heavy (non-hydrogen) atoms. The van der Waals surface area contributed by atoms with E-state index in [9.17, 15) is 14.7 Å². The SMILES string of the molecule is O=C(CCOc1ccccc1)NCc1ccc(C(=O)Nc2ccc(O)cc2)cc1. The third-order valence-electron chi connectivity index (χ3n) is 4.17. The third kappa shape index (κ3) is 6.39. The van der Waals surface area contributed by atoms with Gasteiger partial charge in [0, 0.05) is 17.8 Å². The Kier molecular flexibility index (Phi) is 6.84. The zero-order valence-corrected chi connectivity index (χ0v) is 15.8. The quantitative estimate of drug-likeness (QED) is 0.512. The first-order valence-corrected chi connectivity index (χ1v) is 9.24. The summed E-state index contributed by atoms with van der Waals surface area (Å²) in [5.41, 5.74) is 2.00. The highest BCUT2D eigenvalue weighted by atomic mass is 16.5. The van der Waals surface area contributed by atoms with Gasteiger partial charge in [0.05, 0.1) is 13.0 Å². The molecule has 3 aromatic rings. The average molecular weight is 390 g/mol. The molecule has 3 N–H and O–H groups in total. The number of hydrogen-bond acceptors (Lipinski definition) is 4. The number of anilines is 1. The topological polar surface area (TPSA) is 87.7 Å². The molecule has 0 atom stereocenters. The predicted octanol–water partition coefficient (Wildman–Crippen LogP) is 3.73. The van der Waals surface area contributed by atoms with Gasteiger partial charge in [-0.3, -0.25) is 9.59 Å². The maximum absolute atomic E-state index is 12.3. The van der Waals surface area contributed by atoms with Crippen LogP contribution in [0.2, 0.25) is 0 Å². The van der Waals surface area contributed by atoms with Gasteiger partial charge in [-0.2, -0.15) is 0 Å². The number of phenolic OH excluding ortho intramolecular Hbond substituents is 1. The van der Waals surface area contributed by atoms with Crippen molar-refractivity contribution in [3.8, 4) is 11.5 Å². The van der Waals surface area contributed by atoms with Gasteiger partial charge in [0.15, 0.2) is 0 Å². The van der Waals surface area contributed by atoms with Crippen LogP contribution < -0.4 is 15.4 Å².